The van der Waals surface area contributed by atoms with Crippen LogP contribution in [0.2, 0.25) is 0 Å². The van der Waals surface area contributed by atoms with Crippen molar-refractivity contribution in [3.8, 4) is 0 Å². The third-order valence-electron chi connectivity index (χ3n) is 2.31. The van der Waals surface area contributed by atoms with Crippen LogP contribution in [0.3, 0.4) is 0 Å². The number of hydrazine groups is 1. The molecular formula is C12H18N4O4. The van der Waals surface area contributed by atoms with Crippen molar-refractivity contribution in [2.45, 2.75) is 13.8 Å². The fourth-order valence-electron chi connectivity index (χ4n) is 1.26. The van der Waals surface area contributed by atoms with Crippen molar-refractivity contribution in [2.75, 3.05) is 5.32 Å². The van der Waals surface area contributed by atoms with Crippen molar-refractivity contribution < 1.29 is 20.2 Å². The Balaban J connectivity index is 0.00000361. The summed E-state index contributed by atoms with van der Waals surface area (Å²) in [7, 11) is 0. The van der Waals surface area contributed by atoms with Crippen LogP contribution in [0.25, 0.3) is 0 Å². The Labute approximate surface area is 116 Å². The first-order valence-corrected chi connectivity index (χ1v) is 5.62. The molecule has 0 heterocycles. The van der Waals surface area contributed by atoms with Crippen molar-refractivity contribution in [3.63, 3.8) is 0 Å². The smallest absolute Gasteiger partial charge is 0.335 e. The summed E-state index contributed by atoms with van der Waals surface area (Å²) in [5.74, 6) is 3.63. The minimum absolute atomic E-state index is 0. The molecule has 0 aliphatic carbocycles. The Morgan fingerprint density at radius 3 is 2.55 bits per heavy atom. The number of nitrogens with two attached hydrogens (primary N) is 1. The fourth-order valence-corrected chi connectivity index (χ4v) is 1.26. The van der Waals surface area contributed by atoms with Crippen LogP contribution in [0.5, 0.6) is 0 Å². The van der Waals surface area contributed by atoms with E-state index in [2.05, 4.69) is 15.7 Å². The van der Waals surface area contributed by atoms with Crippen LogP contribution < -0.4 is 16.6 Å². The number of aliphatic imine (C=N–C) groups is 1. The van der Waals surface area contributed by atoms with E-state index in [0.717, 1.165) is 0 Å². The molecule has 1 rings (SSSR count). The monoisotopic (exact) mass is 282 g/mol. The van der Waals surface area contributed by atoms with E-state index in [-0.39, 0.29) is 22.9 Å². The minimum atomic E-state index is -1.07. The summed E-state index contributed by atoms with van der Waals surface area (Å²) in [5, 5.41) is 11.6. The van der Waals surface area contributed by atoms with E-state index in [9.17, 15) is 9.59 Å². The van der Waals surface area contributed by atoms with Gasteiger partial charge in [0.25, 0.3) is 0 Å². The Hall–Kier alpha value is -2.45. The van der Waals surface area contributed by atoms with Gasteiger partial charge in [0.1, 0.15) is 6.34 Å². The van der Waals surface area contributed by atoms with E-state index in [4.69, 9.17) is 10.9 Å². The molecule has 110 valence electrons. The van der Waals surface area contributed by atoms with Gasteiger partial charge in [-0.2, -0.15) is 0 Å². The zero-order chi connectivity index (χ0) is 14.4. The lowest BCUT2D eigenvalue weighted by Gasteiger charge is -2.10. The molecule has 1 aromatic rings. The van der Waals surface area contributed by atoms with Gasteiger partial charge in [-0.05, 0) is 18.2 Å². The van der Waals surface area contributed by atoms with Crippen LogP contribution in [0.15, 0.2) is 23.2 Å². The van der Waals surface area contributed by atoms with Gasteiger partial charge in [0.2, 0.25) is 5.91 Å². The van der Waals surface area contributed by atoms with Gasteiger partial charge in [0, 0.05) is 5.92 Å². The first-order chi connectivity index (χ1) is 8.95. The van der Waals surface area contributed by atoms with Gasteiger partial charge in [-0.1, -0.05) is 13.8 Å². The van der Waals surface area contributed by atoms with Gasteiger partial charge in [-0.25, -0.2) is 15.6 Å². The molecule has 20 heavy (non-hydrogen) atoms. The SMILES string of the molecule is CC(C)C(=O)Nc1ccc(C(=O)O)cc1N=CNN.O. The van der Waals surface area contributed by atoms with Crippen molar-refractivity contribution in [1.29, 1.82) is 0 Å². The normalized spacial score (nSPS) is 10.2. The Bertz CT molecular complexity index is 514. The number of carbonyl (C=O) groups excluding carboxylic acids is 1. The predicted octanol–water partition coefficient (Wildman–Crippen LogP) is 0.278. The van der Waals surface area contributed by atoms with Crippen LogP contribution in [0, 0.1) is 5.92 Å². The third kappa shape index (κ3) is 4.67. The maximum atomic E-state index is 11.6. The van der Waals surface area contributed by atoms with E-state index in [1.165, 1.54) is 24.5 Å². The number of amides is 1. The second kappa shape index (κ2) is 7.87. The second-order valence-corrected chi connectivity index (χ2v) is 4.11. The number of hydrogen-bond acceptors (Lipinski definition) is 4. The Morgan fingerprint density at radius 2 is 2.05 bits per heavy atom. The van der Waals surface area contributed by atoms with Crippen LogP contribution in [0.1, 0.15) is 24.2 Å². The van der Waals surface area contributed by atoms with Crippen LogP contribution in [-0.4, -0.2) is 28.8 Å². The maximum Gasteiger partial charge on any atom is 0.335 e. The summed E-state index contributed by atoms with van der Waals surface area (Å²) in [6, 6.07) is 4.24. The molecular weight excluding hydrogens is 264 g/mol. The average molecular weight is 282 g/mol. The number of carbonyl (C=O) groups is 2. The zero-order valence-corrected chi connectivity index (χ0v) is 11.2. The van der Waals surface area contributed by atoms with Crippen molar-refractivity contribution >= 4 is 29.6 Å². The zero-order valence-electron chi connectivity index (χ0n) is 11.2. The highest BCUT2D eigenvalue weighted by atomic mass is 16.4. The number of carboxylic acid groups (broad SMARTS) is 1. The van der Waals surface area contributed by atoms with Crippen molar-refractivity contribution in [1.82, 2.24) is 5.43 Å². The molecule has 0 unspecified atom stereocenters. The van der Waals surface area contributed by atoms with Gasteiger partial charge in [0.05, 0.1) is 16.9 Å². The first-order valence-electron chi connectivity index (χ1n) is 5.62. The second-order valence-electron chi connectivity index (χ2n) is 4.11. The minimum Gasteiger partial charge on any atom is -0.478 e. The summed E-state index contributed by atoms with van der Waals surface area (Å²) in [5.41, 5.74) is 3.03. The van der Waals surface area contributed by atoms with Crippen molar-refractivity contribution in [2.24, 2.45) is 16.8 Å². The summed E-state index contributed by atoms with van der Waals surface area (Å²) < 4.78 is 0. The van der Waals surface area contributed by atoms with Crippen LogP contribution in [0.4, 0.5) is 11.4 Å². The Kier molecular flexibility index (Phi) is 6.91. The van der Waals surface area contributed by atoms with E-state index < -0.39 is 5.97 Å². The number of anilines is 1. The molecule has 7 N–H and O–H groups in total. The van der Waals surface area contributed by atoms with E-state index in [1.807, 2.05) is 0 Å². The standard InChI is InChI=1S/C12H16N4O3.H2O/c1-7(2)11(17)16-9-4-3-8(12(18)19)5-10(9)14-6-15-13;/h3-7H,13H2,1-2H3,(H,14,15)(H,16,17)(H,18,19);1H2. The lowest BCUT2D eigenvalue weighted by atomic mass is 10.1. The molecule has 0 spiro atoms. The number of aromatic carboxylic acids is 1. The number of carboxylic acids is 1. The number of rotatable bonds is 5. The summed E-state index contributed by atoms with van der Waals surface area (Å²) >= 11 is 0. The number of nitrogens with one attached hydrogen (secondary N) is 2. The van der Waals surface area contributed by atoms with Gasteiger partial charge >= 0.3 is 5.97 Å². The lowest BCUT2D eigenvalue weighted by Crippen LogP contribution is -2.19. The molecule has 0 atom stereocenters. The number of nitrogens with zero attached hydrogens (tertiary/aromatic N) is 1. The fraction of sp³-hybridized carbons (Fsp3) is 0.250. The lowest BCUT2D eigenvalue weighted by molar-refractivity contribution is -0.118. The van der Waals surface area contributed by atoms with E-state index >= 15 is 0 Å². The van der Waals surface area contributed by atoms with Gasteiger partial charge in [0.15, 0.2) is 0 Å². The summed E-state index contributed by atoms with van der Waals surface area (Å²) in [6.45, 7) is 3.51. The summed E-state index contributed by atoms with van der Waals surface area (Å²) in [4.78, 5) is 26.5. The highest BCUT2D eigenvalue weighted by Crippen LogP contribution is 2.26. The predicted molar refractivity (Wildman–Crippen MR) is 76.0 cm³/mol. The molecule has 8 heteroatoms. The third-order valence-corrected chi connectivity index (χ3v) is 2.31. The molecule has 8 nitrogen and oxygen atoms in total. The molecule has 0 saturated heterocycles. The van der Waals surface area contributed by atoms with Crippen molar-refractivity contribution in [3.05, 3.63) is 23.8 Å². The molecule has 0 saturated carbocycles. The molecule has 1 aromatic carbocycles. The van der Waals surface area contributed by atoms with Crippen LogP contribution >= 0.6 is 0 Å². The topological polar surface area (TPSA) is 148 Å². The summed E-state index contributed by atoms with van der Waals surface area (Å²) in [6.07, 6.45) is 1.20. The molecule has 0 aromatic heterocycles. The molecule has 0 aliphatic rings. The molecule has 0 aliphatic heterocycles. The maximum absolute atomic E-state index is 11.6. The first kappa shape index (κ1) is 17.6. The highest BCUT2D eigenvalue weighted by molar-refractivity contribution is 5.97. The van der Waals surface area contributed by atoms with Crippen LogP contribution in [-0.2, 0) is 4.79 Å². The highest BCUT2D eigenvalue weighted by Gasteiger charge is 2.12. The van der Waals surface area contributed by atoms with E-state index in [1.54, 1.807) is 13.8 Å². The molecule has 0 radical (unpaired) electrons. The molecule has 0 fully saturated rings. The molecule has 0 bridgehead atoms. The Morgan fingerprint density at radius 1 is 1.40 bits per heavy atom. The molecule has 1 amide bonds. The van der Waals surface area contributed by atoms with E-state index in [0.29, 0.717) is 11.4 Å². The number of hydrogen-bond donors (Lipinski definition) is 4. The quantitative estimate of drug-likeness (QED) is 0.265. The average Bonchev–Trinajstić information content (AvgIpc) is 2.37. The number of benzene rings is 1. The van der Waals surface area contributed by atoms with Gasteiger partial charge in [-0.3, -0.25) is 4.79 Å². The van der Waals surface area contributed by atoms with Gasteiger partial charge in [-0.15, -0.1) is 0 Å². The largest absolute Gasteiger partial charge is 0.478 e. The van der Waals surface area contributed by atoms with Gasteiger partial charge < -0.3 is 21.3 Å².